The zero-order valence-corrected chi connectivity index (χ0v) is 18.4. The molecule has 0 bridgehead atoms. The lowest BCUT2D eigenvalue weighted by Crippen LogP contribution is -2.48. The third-order valence-electron chi connectivity index (χ3n) is 5.09. The fourth-order valence-corrected chi connectivity index (χ4v) is 3.19. The van der Waals surface area contributed by atoms with E-state index < -0.39 is 6.04 Å². The highest BCUT2D eigenvalue weighted by molar-refractivity contribution is 5.87. The summed E-state index contributed by atoms with van der Waals surface area (Å²) >= 11 is 0. The Morgan fingerprint density at radius 3 is 2.09 bits per heavy atom. The highest BCUT2D eigenvalue weighted by Gasteiger charge is 2.26. The molecule has 32 heavy (non-hydrogen) atoms. The SMILES string of the molecule is COc1ccc(CNC(=O)C(C)N(Cc2ccccc2)C(=O)COc2ccccc2)cc1. The fourth-order valence-electron chi connectivity index (χ4n) is 3.19. The normalized spacial score (nSPS) is 11.3. The van der Waals surface area contributed by atoms with E-state index in [9.17, 15) is 9.59 Å². The number of hydrogen-bond donors (Lipinski definition) is 1. The number of ether oxygens (including phenoxy) is 2. The second-order valence-electron chi connectivity index (χ2n) is 7.35. The van der Waals surface area contributed by atoms with Gasteiger partial charge in [0.15, 0.2) is 6.61 Å². The van der Waals surface area contributed by atoms with Gasteiger partial charge in [-0.3, -0.25) is 9.59 Å². The third-order valence-corrected chi connectivity index (χ3v) is 5.09. The topological polar surface area (TPSA) is 67.9 Å². The first-order valence-corrected chi connectivity index (χ1v) is 10.5. The molecule has 3 aromatic rings. The van der Waals surface area contributed by atoms with Crippen molar-refractivity contribution in [2.24, 2.45) is 0 Å². The molecule has 0 aliphatic carbocycles. The molecule has 0 aromatic heterocycles. The first kappa shape index (κ1) is 22.9. The zero-order chi connectivity index (χ0) is 22.8. The van der Waals surface area contributed by atoms with Crippen molar-refractivity contribution in [3.8, 4) is 11.5 Å². The molecule has 3 aromatic carbocycles. The predicted octanol–water partition coefficient (Wildman–Crippen LogP) is 3.81. The number of nitrogens with zero attached hydrogens (tertiary/aromatic N) is 1. The van der Waals surface area contributed by atoms with Crippen LogP contribution < -0.4 is 14.8 Å². The minimum absolute atomic E-state index is 0.146. The van der Waals surface area contributed by atoms with Gasteiger partial charge in [-0.1, -0.05) is 60.7 Å². The number of para-hydroxylation sites is 1. The quantitative estimate of drug-likeness (QED) is 0.529. The van der Waals surface area contributed by atoms with Gasteiger partial charge in [0.05, 0.1) is 7.11 Å². The Kier molecular flexibility index (Phi) is 8.26. The van der Waals surface area contributed by atoms with E-state index in [2.05, 4.69) is 5.32 Å². The van der Waals surface area contributed by atoms with E-state index in [1.165, 1.54) is 0 Å². The molecule has 1 atom stereocenters. The average molecular weight is 433 g/mol. The van der Waals surface area contributed by atoms with Crippen LogP contribution in [0.2, 0.25) is 0 Å². The van der Waals surface area contributed by atoms with Crippen molar-refractivity contribution in [1.29, 1.82) is 0 Å². The molecule has 0 heterocycles. The summed E-state index contributed by atoms with van der Waals surface area (Å²) < 4.78 is 10.8. The van der Waals surface area contributed by atoms with E-state index in [1.54, 1.807) is 31.1 Å². The molecule has 1 N–H and O–H groups in total. The number of nitrogens with one attached hydrogen (secondary N) is 1. The summed E-state index contributed by atoms with van der Waals surface area (Å²) in [5.41, 5.74) is 1.88. The van der Waals surface area contributed by atoms with Crippen molar-refractivity contribution in [3.63, 3.8) is 0 Å². The molecule has 3 rings (SSSR count). The van der Waals surface area contributed by atoms with Crippen LogP contribution in [-0.2, 0) is 22.7 Å². The molecule has 2 amide bonds. The summed E-state index contributed by atoms with van der Waals surface area (Å²) in [6, 6.07) is 25.6. The minimum atomic E-state index is -0.666. The molecule has 166 valence electrons. The van der Waals surface area contributed by atoms with Gasteiger partial charge in [-0.05, 0) is 42.3 Å². The van der Waals surface area contributed by atoms with Gasteiger partial charge in [0, 0.05) is 13.1 Å². The number of hydrogen-bond acceptors (Lipinski definition) is 4. The first-order chi connectivity index (χ1) is 15.6. The summed E-state index contributed by atoms with van der Waals surface area (Å²) in [5.74, 6) is 0.873. The number of carbonyl (C=O) groups is 2. The molecule has 0 saturated carbocycles. The second-order valence-corrected chi connectivity index (χ2v) is 7.35. The Hall–Kier alpha value is -3.80. The highest BCUT2D eigenvalue weighted by atomic mass is 16.5. The Balaban J connectivity index is 1.65. The van der Waals surface area contributed by atoms with Gasteiger partial charge in [-0.2, -0.15) is 0 Å². The van der Waals surface area contributed by atoms with E-state index in [1.807, 2.05) is 72.8 Å². The fraction of sp³-hybridized carbons (Fsp3) is 0.231. The van der Waals surface area contributed by atoms with Crippen LogP contribution >= 0.6 is 0 Å². The van der Waals surface area contributed by atoms with Gasteiger partial charge < -0.3 is 19.7 Å². The molecule has 0 aliphatic rings. The maximum atomic E-state index is 13.0. The molecule has 0 saturated heterocycles. The van der Waals surface area contributed by atoms with Gasteiger partial charge in [0.2, 0.25) is 5.91 Å². The number of amides is 2. The molecule has 0 fully saturated rings. The number of carbonyl (C=O) groups excluding carboxylic acids is 2. The lowest BCUT2D eigenvalue weighted by molar-refractivity contribution is -0.142. The van der Waals surface area contributed by atoms with Crippen molar-refractivity contribution in [2.75, 3.05) is 13.7 Å². The molecule has 6 nitrogen and oxygen atoms in total. The van der Waals surface area contributed by atoms with Gasteiger partial charge in [0.1, 0.15) is 17.5 Å². The zero-order valence-electron chi connectivity index (χ0n) is 18.4. The van der Waals surface area contributed by atoms with Crippen molar-refractivity contribution in [2.45, 2.75) is 26.1 Å². The van der Waals surface area contributed by atoms with Gasteiger partial charge in [-0.15, -0.1) is 0 Å². The smallest absolute Gasteiger partial charge is 0.261 e. The summed E-state index contributed by atoms with van der Waals surface area (Å²) in [6.45, 7) is 2.26. The van der Waals surface area contributed by atoms with Crippen LogP contribution in [0.5, 0.6) is 11.5 Å². The largest absolute Gasteiger partial charge is 0.497 e. The molecule has 0 spiro atoms. The van der Waals surface area contributed by atoms with Crippen molar-refractivity contribution >= 4 is 11.8 Å². The maximum Gasteiger partial charge on any atom is 0.261 e. The number of methoxy groups -OCH3 is 1. The Labute approximate surface area is 188 Å². The van der Waals surface area contributed by atoms with E-state index in [4.69, 9.17) is 9.47 Å². The van der Waals surface area contributed by atoms with Crippen LogP contribution in [-0.4, -0.2) is 36.5 Å². The Morgan fingerprint density at radius 1 is 0.844 bits per heavy atom. The summed E-state index contributed by atoms with van der Waals surface area (Å²) in [4.78, 5) is 27.4. The molecular formula is C26H28N2O4. The van der Waals surface area contributed by atoms with Crippen LogP contribution in [0, 0.1) is 0 Å². The van der Waals surface area contributed by atoms with Crippen LogP contribution in [0.3, 0.4) is 0 Å². The number of benzene rings is 3. The monoisotopic (exact) mass is 432 g/mol. The molecule has 6 heteroatoms. The Bertz CT molecular complexity index is 991. The minimum Gasteiger partial charge on any atom is -0.497 e. The Morgan fingerprint density at radius 2 is 1.47 bits per heavy atom. The van der Waals surface area contributed by atoms with E-state index >= 15 is 0 Å². The van der Waals surface area contributed by atoms with Crippen LogP contribution in [0.15, 0.2) is 84.9 Å². The first-order valence-electron chi connectivity index (χ1n) is 10.5. The van der Waals surface area contributed by atoms with E-state index in [-0.39, 0.29) is 18.4 Å². The van der Waals surface area contributed by atoms with Crippen molar-refractivity contribution in [1.82, 2.24) is 10.2 Å². The van der Waals surface area contributed by atoms with E-state index in [0.717, 1.165) is 16.9 Å². The lowest BCUT2D eigenvalue weighted by Gasteiger charge is -2.28. The maximum absolute atomic E-state index is 13.0. The van der Waals surface area contributed by atoms with Gasteiger partial charge in [-0.25, -0.2) is 0 Å². The summed E-state index contributed by atoms with van der Waals surface area (Å²) in [6.07, 6.45) is 0. The van der Waals surface area contributed by atoms with Gasteiger partial charge in [0.25, 0.3) is 5.91 Å². The molecule has 0 aliphatic heterocycles. The molecule has 0 radical (unpaired) electrons. The molecular weight excluding hydrogens is 404 g/mol. The van der Waals surface area contributed by atoms with Crippen LogP contribution in [0.1, 0.15) is 18.1 Å². The summed E-state index contributed by atoms with van der Waals surface area (Å²) in [7, 11) is 1.61. The standard InChI is InChI=1S/C26H28N2O4/c1-20(26(30)27-17-21-13-15-23(31-2)16-14-21)28(18-22-9-5-3-6-10-22)25(29)19-32-24-11-7-4-8-12-24/h3-16,20H,17-19H2,1-2H3,(H,27,30). The van der Waals surface area contributed by atoms with E-state index in [0.29, 0.717) is 18.8 Å². The second kappa shape index (κ2) is 11.6. The third kappa shape index (κ3) is 6.60. The van der Waals surface area contributed by atoms with Crippen LogP contribution in [0.4, 0.5) is 0 Å². The molecule has 1 unspecified atom stereocenters. The predicted molar refractivity (Wildman–Crippen MR) is 123 cm³/mol. The summed E-state index contributed by atoms with van der Waals surface area (Å²) in [5, 5.41) is 2.92. The average Bonchev–Trinajstić information content (AvgIpc) is 2.85. The van der Waals surface area contributed by atoms with Crippen LogP contribution in [0.25, 0.3) is 0 Å². The lowest BCUT2D eigenvalue weighted by atomic mass is 10.1. The highest BCUT2D eigenvalue weighted by Crippen LogP contribution is 2.14. The van der Waals surface area contributed by atoms with Crippen molar-refractivity contribution in [3.05, 3.63) is 96.1 Å². The van der Waals surface area contributed by atoms with Gasteiger partial charge >= 0.3 is 0 Å². The van der Waals surface area contributed by atoms with Crippen molar-refractivity contribution < 1.29 is 19.1 Å². The number of rotatable bonds is 10.